The van der Waals surface area contributed by atoms with Crippen LogP contribution in [0.2, 0.25) is 0 Å². The molecule has 2 rings (SSSR count). The van der Waals surface area contributed by atoms with Gasteiger partial charge in [-0.05, 0) is 30.6 Å². The summed E-state index contributed by atoms with van der Waals surface area (Å²) < 4.78 is 31.2. The van der Waals surface area contributed by atoms with Crippen molar-refractivity contribution in [1.82, 2.24) is 0 Å². The highest BCUT2D eigenvalue weighted by Gasteiger charge is 2.34. The third-order valence-electron chi connectivity index (χ3n) is 4.65. The molecule has 2 atom stereocenters. The summed E-state index contributed by atoms with van der Waals surface area (Å²) >= 11 is 0. The van der Waals surface area contributed by atoms with Crippen LogP contribution in [0.25, 0.3) is 0 Å². The zero-order valence-electron chi connectivity index (χ0n) is 10.5. The lowest BCUT2D eigenvalue weighted by Crippen LogP contribution is -2.32. The van der Waals surface area contributed by atoms with E-state index in [1.54, 1.807) is 0 Å². The zero-order chi connectivity index (χ0) is 12.3. The Kier molecular flexibility index (Phi) is 4.47. The number of hydrogen-bond donors (Lipinski definition) is 1. The molecule has 0 saturated heterocycles. The van der Waals surface area contributed by atoms with Gasteiger partial charge in [0.25, 0.3) is 10.1 Å². The van der Waals surface area contributed by atoms with Crippen molar-refractivity contribution in [1.29, 1.82) is 0 Å². The van der Waals surface area contributed by atoms with Gasteiger partial charge in [-0.1, -0.05) is 44.9 Å². The maximum Gasteiger partial charge on any atom is 0.265 e. The summed E-state index contributed by atoms with van der Waals surface area (Å²) in [6, 6.07) is 0. The molecule has 0 aliphatic heterocycles. The second-order valence-electron chi connectivity index (χ2n) is 5.86. The van der Waals surface area contributed by atoms with Crippen LogP contribution >= 0.6 is 0 Å². The Labute approximate surface area is 105 Å². The Morgan fingerprint density at radius 3 is 2.12 bits per heavy atom. The van der Waals surface area contributed by atoms with E-state index < -0.39 is 10.1 Å². The Morgan fingerprint density at radius 2 is 1.47 bits per heavy atom. The molecule has 17 heavy (non-hydrogen) atoms. The standard InChI is InChI=1S/C13H24O3S/c14-17(15,16)10-12-8-4-5-9-13(12)11-6-2-1-3-7-11/h11-13H,1-10H2,(H,14,15,16). The highest BCUT2D eigenvalue weighted by Crippen LogP contribution is 2.41. The van der Waals surface area contributed by atoms with Crippen molar-refractivity contribution in [3.05, 3.63) is 0 Å². The largest absolute Gasteiger partial charge is 0.286 e. The Morgan fingerprint density at radius 1 is 0.882 bits per heavy atom. The molecule has 1 N–H and O–H groups in total. The first-order chi connectivity index (χ1) is 8.06. The average Bonchev–Trinajstić information content (AvgIpc) is 2.29. The Hall–Kier alpha value is -0.0900. The molecule has 2 aliphatic rings. The monoisotopic (exact) mass is 260 g/mol. The van der Waals surface area contributed by atoms with Crippen LogP contribution in [0.1, 0.15) is 57.8 Å². The van der Waals surface area contributed by atoms with Crippen molar-refractivity contribution in [2.45, 2.75) is 57.8 Å². The molecule has 0 amide bonds. The number of hydrogen-bond acceptors (Lipinski definition) is 2. The van der Waals surface area contributed by atoms with E-state index in [1.807, 2.05) is 0 Å². The Balaban J connectivity index is 2.00. The molecule has 0 spiro atoms. The lowest BCUT2D eigenvalue weighted by Gasteiger charge is -2.38. The first-order valence-corrected chi connectivity index (χ1v) is 8.62. The molecule has 4 heteroatoms. The van der Waals surface area contributed by atoms with E-state index >= 15 is 0 Å². The minimum Gasteiger partial charge on any atom is -0.286 e. The summed E-state index contributed by atoms with van der Waals surface area (Å²) in [4.78, 5) is 0. The quantitative estimate of drug-likeness (QED) is 0.792. The summed E-state index contributed by atoms with van der Waals surface area (Å²) in [6.07, 6.45) is 11.0. The first kappa shape index (κ1) is 13.3. The van der Waals surface area contributed by atoms with Gasteiger partial charge >= 0.3 is 0 Å². The maximum atomic E-state index is 11.1. The lowest BCUT2D eigenvalue weighted by molar-refractivity contribution is 0.140. The van der Waals surface area contributed by atoms with Gasteiger partial charge in [0.1, 0.15) is 0 Å². The van der Waals surface area contributed by atoms with Crippen LogP contribution in [-0.2, 0) is 10.1 Å². The van der Waals surface area contributed by atoms with Crippen molar-refractivity contribution < 1.29 is 13.0 Å². The van der Waals surface area contributed by atoms with Gasteiger partial charge in [-0.25, -0.2) is 0 Å². The maximum absolute atomic E-state index is 11.1. The summed E-state index contributed by atoms with van der Waals surface area (Å²) in [7, 11) is -3.80. The lowest BCUT2D eigenvalue weighted by atomic mass is 9.68. The van der Waals surface area contributed by atoms with Crippen LogP contribution in [-0.4, -0.2) is 18.7 Å². The zero-order valence-corrected chi connectivity index (χ0v) is 11.3. The van der Waals surface area contributed by atoms with E-state index in [2.05, 4.69) is 0 Å². The molecule has 0 aromatic carbocycles. The van der Waals surface area contributed by atoms with E-state index in [-0.39, 0.29) is 11.7 Å². The smallest absolute Gasteiger partial charge is 0.265 e. The van der Waals surface area contributed by atoms with E-state index in [9.17, 15) is 8.42 Å². The molecular weight excluding hydrogens is 236 g/mol. The van der Waals surface area contributed by atoms with E-state index in [1.165, 1.54) is 44.9 Å². The molecule has 100 valence electrons. The third-order valence-corrected chi connectivity index (χ3v) is 5.50. The van der Waals surface area contributed by atoms with Crippen LogP contribution in [0.15, 0.2) is 0 Å². The summed E-state index contributed by atoms with van der Waals surface area (Å²) in [5.74, 6) is 1.47. The van der Waals surface area contributed by atoms with Gasteiger partial charge in [-0.3, -0.25) is 4.55 Å². The molecule has 0 aromatic rings. The second kappa shape index (κ2) is 5.70. The van der Waals surface area contributed by atoms with Crippen LogP contribution in [0.4, 0.5) is 0 Å². The van der Waals surface area contributed by atoms with Crippen molar-refractivity contribution in [3.63, 3.8) is 0 Å². The molecule has 2 fully saturated rings. The SMILES string of the molecule is O=S(=O)(O)CC1CCCCC1C1CCCCC1. The molecule has 2 unspecified atom stereocenters. The highest BCUT2D eigenvalue weighted by atomic mass is 32.2. The van der Waals surface area contributed by atoms with Gasteiger partial charge < -0.3 is 0 Å². The average molecular weight is 260 g/mol. The molecule has 0 aromatic heterocycles. The fourth-order valence-corrected chi connectivity index (χ4v) is 4.85. The normalized spacial score (nSPS) is 32.5. The number of rotatable bonds is 3. The van der Waals surface area contributed by atoms with Crippen LogP contribution in [0.3, 0.4) is 0 Å². The summed E-state index contributed by atoms with van der Waals surface area (Å²) in [6.45, 7) is 0. The van der Waals surface area contributed by atoms with Gasteiger partial charge in [0.15, 0.2) is 0 Å². The van der Waals surface area contributed by atoms with Gasteiger partial charge in [-0.2, -0.15) is 8.42 Å². The van der Waals surface area contributed by atoms with E-state index in [0.29, 0.717) is 5.92 Å². The van der Waals surface area contributed by atoms with E-state index in [0.717, 1.165) is 18.8 Å². The fraction of sp³-hybridized carbons (Fsp3) is 1.00. The molecule has 0 radical (unpaired) electrons. The summed E-state index contributed by atoms with van der Waals surface area (Å²) in [5, 5.41) is 0. The molecule has 0 bridgehead atoms. The first-order valence-electron chi connectivity index (χ1n) is 7.01. The molecule has 2 aliphatic carbocycles. The topological polar surface area (TPSA) is 54.4 Å². The fourth-order valence-electron chi connectivity index (χ4n) is 3.90. The van der Waals surface area contributed by atoms with Crippen molar-refractivity contribution in [3.8, 4) is 0 Å². The molecule has 0 heterocycles. The molecule has 2 saturated carbocycles. The predicted molar refractivity (Wildman–Crippen MR) is 68.4 cm³/mol. The Bertz CT molecular complexity index is 331. The highest BCUT2D eigenvalue weighted by molar-refractivity contribution is 7.85. The second-order valence-corrected chi connectivity index (χ2v) is 7.35. The van der Waals surface area contributed by atoms with Crippen molar-refractivity contribution in [2.75, 3.05) is 5.75 Å². The van der Waals surface area contributed by atoms with Gasteiger partial charge in [0, 0.05) is 0 Å². The van der Waals surface area contributed by atoms with Crippen molar-refractivity contribution in [2.24, 2.45) is 17.8 Å². The van der Waals surface area contributed by atoms with Gasteiger partial charge in [-0.15, -0.1) is 0 Å². The van der Waals surface area contributed by atoms with Crippen molar-refractivity contribution >= 4 is 10.1 Å². The molecular formula is C13H24O3S. The minimum atomic E-state index is -3.80. The minimum absolute atomic E-state index is 0.00579. The van der Waals surface area contributed by atoms with E-state index in [4.69, 9.17) is 4.55 Å². The van der Waals surface area contributed by atoms with Crippen LogP contribution < -0.4 is 0 Å². The molecule has 3 nitrogen and oxygen atoms in total. The van der Waals surface area contributed by atoms with Crippen LogP contribution in [0.5, 0.6) is 0 Å². The predicted octanol–water partition coefficient (Wildman–Crippen LogP) is 3.26. The summed E-state index contributed by atoms with van der Waals surface area (Å²) in [5.41, 5.74) is 0. The van der Waals surface area contributed by atoms with Gasteiger partial charge in [0.2, 0.25) is 0 Å². The van der Waals surface area contributed by atoms with Gasteiger partial charge in [0.05, 0.1) is 5.75 Å². The van der Waals surface area contributed by atoms with Crippen LogP contribution in [0, 0.1) is 17.8 Å². The third kappa shape index (κ3) is 3.95.